The molecule has 1 aliphatic heterocycles. The van der Waals surface area contributed by atoms with Crippen molar-refractivity contribution >= 4 is 5.78 Å². The number of benzene rings is 1. The van der Waals surface area contributed by atoms with Crippen LogP contribution in [0, 0.1) is 13.8 Å². The van der Waals surface area contributed by atoms with Crippen molar-refractivity contribution in [3.63, 3.8) is 0 Å². The van der Waals surface area contributed by atoms with Crippen LogP contribution in [0.4, 0.5) is 0 Å². The van der Waals surface area contributed by atoms with Crippen LogP contribution in [0.1, 0.15) is 27.9 Å². The molecule has 98 valence electrons. The van der Waals surface area contributed by atoms with Gasteiger partial charge in [-0.05, 0) is 37.5 Å². The monoisotopic (exact) mass is 247 g/mol. The van der Waals surface area contributed by atoms with Crippen molar-refractivity contribution in [1.82, 2.24) is 4.90 Å². The summed E-state index contributed by atoms with van der Waals surface area (Å²) < 4.78 is 5.31. The molecule has 0 aliphatic carbocycles. The predicted octanol–water partition coefficient (Wildman–Crippen LogP) is 2.21. The fourth-order valence-corrected chi connectivity index (χ4v) is 2.34. The van der Waals surface area contributed by atoms with Crippen molar-refractivity contribution in [2.24, 2.45) is 0 Å². The van der Waals surface area contributed by atoms with Gasteiger partial charge in [-0.1, -0.05) is 12.1 Å². The van der Waals surface area contributed by atoms with Gasteiger partial charge < -0.3 is 4.74 Å². The van der Waals surface area contributed by atoms with E-state index in [4.69, 9.17) is 4.74 Å². The first kappa shape index (κ1) is 13.2. The summed E-state index contributed by atoms with van der Waals surface area (Å²) in [5.74, 6) is 0.204. The molecule has 0 N–H and O–H groups in total. The van der Waals surface area contributed by atoms with E-state index in [0.29, 0.717) is 6.54 Å². The Kier molecular flexibility index (Phi) is 4.15. The number of methoxy groups -OCH3 is 1. The SMILES string of the molecule is COC1CCN(CC(=O)c2ccc(C)c(C)c2)C1. The van der Waals surface area contributed by atoms with E-state index in [9.17, 15) is 4.79 Å². The van der Waals surface area contributed by atoms with Gasteiger partial charge in [0.15, 0.2) is 5.78 Å². The second-order valence-electron chi connectivity index (χ2n) is 5.10. The number of aryl methyl sites for hydroxylation is 2. The third-order valence-electron chi connectivity index (χ3n) is 3.76. The molecule has 1 aromatic carbocycles. The minimum absolute atomic E-state index is 0.204. The minimum Gasteiger partial charge on any atom is -0.380 e. The van der Waals surface area contributed by atoms with Crippen LogP contribution in [0.5, 0.6) is 0 Å². The van der Waals surface area contributed by atoms with Gasteiger partial charge in [-0.15, -0.1) is 0 Å². The number of carbonyl (C=O) groups excluding carboxylic acids is 1. The van der Waals surface area contributed by atoms with E-state index in [1.54, 1.807) is 7.11 Å². The molecule has 18 heavy (non-hydrogen) atoms. The fourth-order valence-electron chi connectivity index (χ4n) is 2.34. The molecule has 1 aromatic rings. The maximum Gasteiger partial charge on any atom is 0.176 e. The Bertz CT molecular complexity index is 442. The molecule has 0 spiro atoms. The van der Waals surface area contributed by atoms with Crippen LogP contribution in [-0.4, -0.2) is 43.5 Å². The number of hydrogen-bond donors (Lipinski definition) is 0. The second-order valence-corrected chi connectivity index (χ2v) is 5.10. The Morgan fingerprint density at radius 1 is 1.39 bits per heavy atom. The quantitative estimate of drug-likeness (QED) is 0.764. The van der Waals surface area contributed by atoms with Crippen molar-refractivity contribution in [2.75, 3.05) is 26.7 Å². The van der Waals surface area contributed by atoms with Crippen molar-refractivity contribution in [3.05, 3.63) is 34.9 Å². The van der Waals surface area contributed by atoms with E-state index in [1.165, 1.54) is 11.1 Å². The summed E-state index contributed by atoms with van der Waals surface area (Å²) in [4.78, 5) is 14.3. The highest BCUT2D eigenvalue weighted by Gasteiger charge is 2.23. The van der Waals surface area contributed by atoms with Gasteiger partial charge in [0.1, 0.15) is 0 Å². The van der Waals surface area contributed by atoms with E-state index in [-0.39, 0.29) is 11.9 Å². The van der Waals surface area contributed by atoms with Gasteiger partial charge in [0.25, 0.3) is 0 Å². The number of likely N-dealkylation sites (tertiary alicyclic amines) is 1. The zero-order chi connectivity index (χ0) is 13.1. The van der Waals surface area contributed by atoms with Crippen molar-refractivity contribution in [3.8, 4) is 0 Å². The number of Topliss-reactive ketones (excluding diaryl/α,β-unsaturated/α-hetero) is 1. The number of ketones is 1. The standard InChI is InChI=1S/C15H21NO2/c1-11-4-5-13(8-12(11)2)15(17)10-16-7-6-14(9-16)18-3/h4-5,8,14H,6-7,9-10H2,1-3H3. The molecule has 1 aliphatic rings. The summed E-state index contributed by atoms with van der Waals surface area (Å²) >= 11 is 0. The van der Waals surface area contributed by atoms with Gasteiger partial charge in [-0.25, -0.2) is 0 Å². The summed E-state index contributed by atoms with van der Waals surface area (Å²) in [6, 6.07) is 5.93. The number of carbonyl (C=O) groups is 1. The van der Waals surface area contributed by atoms with Gasteiger partial charge >= 0.3 is 0 Å². The maximum atomic E-state index is 12.2. The van der Waals surface area contributed by atoms with Crippen molar-refractivity contribution in [1.29, 1.82) is 0 Å². The highest BCUT2D eigenvalue weighted by Crippen LogP contribution is 2.14. The van der Waals surface area contributed by atoms with Crippen LogP contribution in [-0.2, 0) is 4.74 Å². The molecule has 0 amide bonds. The summed E-state index contributed by atoms with van der Waals surface area (Å²) in [7, 11) is 1.74. The Hall–Kier alpha value is -1.19. The second kappa shape index (κ2) is 5.63. The molecule has 2 rings (SSSR count). The average molecular weight is 247 g/mol. The summed E-state index contributed by atoms with van der Waals surface area (Å²) in [6.07, 6.45) is 1.31. The number of nitrogens with zero attached hydrogens (tertiary/aromatic N) is 1. The summed E-state index contributed by atoms with van der Waals surface area (Å²) in [6.45, 7) is 6.43. The fraction of sp³-hybridized carbons (Fsp3) is 0.533. The molecule has 3 nitrogen and oxygen atoms in total. The molecule has 1 heterocycles. The highest BCUT2D eigenvalue weighted by molar-refractivity contribution is 5.97. The van der Waals surface area contributed by atoms with Gasteiger partial charge in [0.2, 0.25) is 0 Å². The molecule has 1 fully saturated rings. The zero-order valence-corrected chi connectivity index (χ0v) is 11.4. The Morgan fingerprint density at radius 2 is 2.17 bits per heavy atom. The number of hydrogen-bond acceptors (Lipinski definition) is 3. The van der Waals surface area contributed by atoms with Crippen LogP contribution >= 0.6 is 0 Å². The lowest BCUT2D eigenvalue weighted by Crippen LogP contribution is -2.29. The van der Waals surface area contributed by atoms with Gasteiger partial charge in [-0.2, -0.15) is 0 Å². The molecule has 1 unspecified atom stereocenters. The smallest absolute Gasteiger partial charge is 0.176 e. The lowest BCUT2D eigenvalue weighted by molar-refractivity contribution is 0.0899. The Labute approximate surface area is 109 Å². The summed E-state index contributed by atoms with van der Waals surface area (Å²) in [5.41, 5.74) is 3.23. The molecule has 1 atom stereocenters. The van der Waals surface area contributed by atoms with Crippen molar-refractivity contribution < 1.29 is 9.53 Å². The predicted molar refractivity (Wildman–Crippen MR) is 72.1 cm³/mol. The van der Waals surface area contributed by atoms with Crippen molar-refractivity contribution in [2.45, 2.75) is 26.4 Å². The minimum atomic E-state index is 0.204. The van der Waals surface area contributed by atoms with Gasteiger partial charge in [0, 0.05) is 25.8 Å². The van der Waals surface area contributed by atoms with Crippen LogP contribution in [0.3, 0.4) is 0 Å². The number of rotatable bonds is 4. The largest absolute Gasteiger partial charge is 0.380 e. The first-order valence-electron chi connectivity index (χ1n) is 6.45. The molecular weight excluding hydrogens is 226 g/mol. The lowest BCUT2D eigenvalue weighted by atomic mass is 10.0. The normalized spacial score (nSPS) is 20.3. The van der Waals surface area contributed by atoms with Gasteiger partial charge in [0.05, 0.1) is 12.6 Å². The van der Waals surface area contributed by atoms with Gasteiger partial charge in [-0.3, -0.25) is 9.69 Å². The summed E-state index contributed by atoms with van der Waals surface area (Å²) in [5, 5.41) is 0. The molecule has 0 saturated carbocycles. The van der Waals surface area contributed by atoms with E-state index in [0.717, 1.165) is 25.1 Å². The van der Waals surface area contributed by atoms with Crippen LogP contribution in [0.25, 0.3) is 0 Å². The first-order valence-corrected chi connectivity index (χ1v) is 6.45. The third kappa shape index (κ3) is 2.98. The van der Waals surface area contributed by atoms with E-state index >= 15 is 0 Å². The van der Waals surface area contributed by atoms with Crippen LogP contribution in [0.15, 0.2) is 18.2 Å². The van der Waals surface area contributed by atoms with E-state index < -0.39 is 0 Å². The van der Waals surface area contributed by atoms with E-state index in [1.807, 2.05) is 25.1 Å². The highest BCUT2D eigenvalue weighted by atomic mass is 16.5. The zero-order valence-electron chi connectivity index (χ0n) is 11.4. The van der Waals surface area contributed by atoms with Crippen LogP contribution < -0.4 is 0 Å². The maximum absolute atomic E-state index is 12.2. The topological polar surface area (TPSA) is 29.5 Å². The molecule has 1 saturated heterocycles. The molecule has 3 heteroatoms. The molecule has 0 bridgehead atoms. The molecule has 0 radical (unpaired) electrons. The Balaban J connectivity index is 1.97. The Morgan fingerprint density at radius 3 is 2.78 bits per heavy atom. The van der Waals surface area contributed by atoms with E-state index in [2.05, 4.69) is 11.8 Å². The lowest BCUT2D eigenvalue weighted by Gasteiger charge is -2.14. The molecule has 0 aromatic heterocycles. The first-order chi connectivity index (χ1) is 8.60. The molecular formula is C15H21NO2. The van der Waals surface area contributed by atoms with Crippen LogP contribution in [0.2, 0.25) is 0 Å². The average Bonchev–Trinajstić information content (AvgIpc) is 2.80. The number of ether oxygens (including phenoxy) is 1. The third-order valence-corrected chi connectivity index (χ3v) is 3.76.